The molecule has 1 aromatic heterocycles. The highest BCUT2D eigenvalue weighted by Crippen LogP contribution is 2.29. The van der Waals surface area contributed by atoms with Gasteiger partial charge in [0.1, 0.15) is 11.6 Å². The lowest BCUT2D eigenvalue weighted by Crippen LogP contribution is -2.11. The first kappa shape index (κ1) is 20.3. The van der Waals surface area contributed by atoms with Crippen LogP contribution in [0.2, 0.25) is 0 Å². The fourth-order valence-corrected chi connectivity index (χ4v) is 3.12. The molecule has 2 amide bonds. The lowest BCUT2D eigenvalue weighted by molar-refractivity contribution is -0.114. The van der Waals surface area contributed by atoms with Crippen LogP contribution in [0.15, 0.2) is 47.8 Å². The molecule has 1 heterocycles. The summed E-state index contributed by atoms with van der Waals surface area (Å²) in [5.41, 5.74) is 1.07. The monoisotopic (exact) mass is 421 g/mol. The number of halogens is 3. The minimum atomic E-state index is -2.95. The van der Waals surface area contributed by atoms with E-state index in [1.54, 1.807) is 11.4 Å². The first-order chi connectivity index (χ1) is 13.8. The van der Waals surface area contributed by atoms with Gasteiger partial charge >= 0.3 is 6.61 Å². The second-order valence-corrected chi connectivity index (χ2v) is 6.63. The summed E-state index contributed by atoms with van der Waals surface area (Å²) in [6.45, 7) is -1.63. The molecule has 150 valence electrons. The average molecular weight is 421 g/mol. The van der Waals surface area contributed by atoms with Crippen molar-refractivity contribution >= 4 is 34.0 Å². The Balaban J connectivity index is 1.70. The number of carbonyl (C=O) groups is 2. The van der Waals surface area contributed by atoms with Crippen LogP contribution in [0, 0.1) is 5.82 Å². The fraction of sp³-hybridized carbons (Fsp3) is 0.105. The van der Waals surface area contributed by atoms with Gasteiger partial charge in [-0.2, -0.15) is 8.78 Å². The van der Waals surface area contributed by atoms with Crippen LogP contribution in [-0.2, 0) is 4.79 Å². The molecule has 0 bridgehead atoms. The zero-order valence-electron chi connectivity index (χ0n) is 14.9. The van der Waals surface area contributed by atoms with Crippen LogP contribution in [-0.4, -0.2) is 23.4 Å². The van der Waals surface area contributed by atoms with Crippen molar-refractivity contribution in [1.82, 2.24) is 4.98 Å². The molecule has 6 nitrogen and oxygen atoms in total. The smallest absolute Gasteiger partial charge is 0.387 e. The first-order valence-corrected chi connectivity index (χ1v) is 9.09. The number of aromatic nitrogens is 1. The van der Waals surface area contributed by atoms with Gasteiger partial charge < -0.3 is 10.1 Å². The normalized spacial score (nSPS) is 10.7. The molecular weight excluding hydrogens is 407 g/mol. The maximum Gasteiger partial charge on any atom is 0.387 e. The zero-order valence-corrected chi connectivity index (χ0v) is 15.7. The van der Waals surface area contributed by atoms with Gasteiger partial charge in [-0.25, -0.2) is 9.37 Å². The molecule has 0 unspecified atom stereocenters. The van der Waals surface area contributed by atoms with Crippen molar-refractivity contribution in [3.63, 3.8) is 0 Å². The van der Waals surface area contributed by atoms with Crippen molar-refractivity contribution in [2.24, 2.45) is 0 Å². The van der Waals surface area contributed by atoms with Gasteiger partial charge in [-0.05, 0) is 42.5 Å². The maximum atomic E-state index is 14.3. The standard InChI is InChI=1S/C19H14F3N3O3S/c1-10(26)23-12-4-7-14(15(20)8-12)16-9-29-19(24-16)25-17(27)11-2-5-13(6-3-11)28-18(21)22/h2-9,18H,1H3,(H,23,26)(H,24,25,27). The fourth-order valence-electron chi connectivity index (χ4n) is 2.42. The molecule has 2 aromatic carbocycles. The number of rotatable bonds is 6. The summed E-state index contributed by atoms with van der Waals surface area (Å²) >= 11 is 1.10. The number of anilines is 2. The van der Waals surface area contributed by atoms with Gasteiger partial charge in [-0.15, -0.1) is 11.3 Å². The van der Waals surface area contributed by atoms with Crippen LogP contribution < -0.4 is 15.4 Å². The summed E-state index contributed by atoms with van der Waals surface area (Å²) < 4.78 is 42.9. The molecule has 0 fully saturated rings. The molecule has 0 aliphatic rings. The van der Waals surface area contributed by atoms with Crippen molar-refractivity contribution in [2.75, 3.05) is 10.6 Å². The highest BCUT2D eigenvalue weighted by molar-refractivity contribution is 7.14. The third-order valence-corrected chi connectivity index (χ3v) is 4.39. The lowest BCUT2D eigenvalue weighted by atomic mass is 10.1. The van der Waals surface area contributed by atoms with Crippen molar-refractivity contribution in [3.8, 4) is 17.0 Å². The largest absolute Gasteiger partial charge is 0.435 e. The highest BCUT2D eigenvalue weighted by atomic mass is 32.1. The summed E-state index contributed by atoms with van der Waals surface area (Å²) in [6, 6.07) is 9.37. The molecule has 0 atom stereocenters. The Labute approximate surface area is 167 Å². The summed E-state index contributed by atoms with van der Waals surface area (Å²) in [6.07, 6.45) is 0. The molecule has 0 saturated carbocycles. The van der Waals surface area contributed by atoms with Crippen molar-refractivity contribution in [2.45, 2.75) is 13.5 Å². The highest BCUT2D eigenvalue weighted by Gasteiger charge is 2.14. The number of nitrogens with one attached hydrogen (secondary N) is 2. The van der Waals surface area contributed by atoms with E-state index in [1.165, 1.54) is 43.3 Å². The Morgan fingerprint density at radius 2 is 1.83 bits per heavy atom. The van der Waals surface area contributed by atoms with Gasteiger partial charge in [0.25, 0.3) is 5.91 Å². The van der Waals surface area contributed by atoms with Gasteiger partial charge in [0.15, 0.2) is 5.13 Å². The molecule has 3 aromatic rings. The van der Waals surface area contributed by atoms with E-state index in [0.717, 1.165) is 11.3 Å². The lowest BCUT2D eigenvalue weighted by Gasteiger charge is -2.06. The summed E-state index contributed by atoms with van der Waals surface area (Å²) in [5.74, 6) is -1.46. The van der Waals surface area contributed by atoms with Gasteiger partial charge in [0.05, 0.1) is 5.69 Å². The van der Waals surface area contributed by atoms with Crippen LogP contribution >= 0.6 is 11.3 Å². The predicted octanol–water partition coefficient (Wildman–Crippen LogP) is 4.76. The van der Waals surface area contributed by atoms with E-state index in [-0.39, 0.29) is 27.9 Å². The Bertz CT molecular complexity index is 1040. The van der Waals surface area contributed by atoms with Crippen LogP contribution in [0.5, 0.6) is 5.75 Å². The van der Waals surface area contributed by atoms with Crippen LogP contribution in [0.4, 0.5) is 24.0 Å². The number of hydrogen-bond donors (Lipinski definition) is 2. The average Bonchev–Trinajstić information content (AvgIpc) is 3.09. The predicted molar refractivity (Wildman–Crippen MR) is 103 cm³/mol. The number of hydrogen-bond acceptors (Lipinski definition) is 5. The zero-order chi connectivity index (χ0) is 21.0. The number of nitrogens with zero attached hydrogens (tertiary/aromatic N) is 1. The third kappa shape index (κ3) is 5.32. The molecule has 29 heavy (non-hydrogen) atoms. The molecule has 0 radical (unpaired) electrons. The molecule has 2 N–H and O–H groups in total. The molecule has 0 aliphatic carbocycles. The van der Waals surface area contributed by atoms with Gasteiger partial charge in [-0.3, -0.25) is 14.9 Å². The van der Waals surface area contributed by atoms with Crippen LogP contribution in [0.3, 0.4) is 0 Å². The third-order valence-electron chi connectivity index (χ3n) is 3.63. The minimum absolute atomic E-state index is 0.0636. The Morgan fingerprint density at radius 1 is 1.10 bits per heavy atom. The Kier molecular flexibility index (Phi) is 6.13. The Morgan fingerprint density at radius 3 is 2.45 bits per heavy atom. The number of ether oxygens (including phenoxy) is 1. The maximum absolute atomic E-state index is 14.3. The number of amides is 2. The van der Waals surface area contributed by atoms with Gasteiger partial charge in [0, 0.05) is 29.1 Å². The van der Waals surface area contributed by atoms with Crippen molar-refractivity contribution in [3.05, 3.63) is 59.2 Å². The second kappa shape index (κ2) is 8.74. The van der Waals surface area contributed by atoms with Gasteiger partial charge in [-0.1, -0.05) is 0 Å². The molecule has 0 aliphatic heterocycles. The number of benzene rings is 2. The van der Waals surface area contributed by atoms with E-state index < -0.39 is 18.3 Å². The molecule has 10 heteroatoms. The topological polar surface area (TPSA) is 80.3 Å². The number of alkyl halides is 2. The van der Waals surface area contributed by atoms with E-state index in [1.807, 2.05) is 0 Å². The quantitative estimate of drug-likeness (QED) is 0.601. The summed E-state index contributed by atoms with van der Waals surface area (Å²) in [5, 5.41) is 6.86. The van der Waals surface area contributed by atoms with E-state index in [0.29, 0.717) is 11.4 Å². The number of thiazole rings is 1. The molecule has 3 rings (SSSR count). The van der Waals surface area contributed by atoms with E-state index >= 15 is 0 Å². The molecule has 0 spiro atoms. The summed E-state index contributed by atoms with van der Waals surface area (Å²) in [7, 11) is 0. The second-order valence-electron chi connectivity index (χ2n) is 5.77. The van der Waals surface area contributed by atoms with Crippen molar-refractivity contribution in [1.29, 1.82) is 0 Å². The Hall–Kier alpha value is -3.40. The molecular formula is C19H14F3N3O3S. The summed E-state index contributed by atoms with van der Waals surface area (Å²) in [4.78, 5) is 27.5. The van der Waals surface area contributed by atoms with E-state index in [9.17, 15) is 22.8 Å². The minimum Gasteiger partial charge on any atom is -0.435 e. The molecule has 0 saturated heterocycles. The SMILES string of the molecule is CC(=O)Nc1ccc(-c2csc(NC(=O)c3ccc(OC(F)F)cc3)n2)c(F)c1. The van der Waals surface area contributed by atoms with Gasteiger partial charge in [0.2, 0.25) is 5.91 Å². The first-order valence-electron chi connectivity index (χ1n) is 8.21. The number of carbonyl (C=O) groups excluding carboxylic acids is 2. The van der Waals surface area contributed by atoms with Crippen LogP contribution in [0.1, 0.15) is 17.3 Å². The van der Waals surface area contributed by atoms with E-state index in [4.69, 9.17) is 0 Å². The van der Waals surface area contributed by atoms with Crippen molar-refractivity contribution < 1.29 is 27.5 Å². The van der Waals surface area contributed by atoms with E-state index in [2.05, 4.69) is 20.4 Å². The van der Waals surface area contributed by atoms with Crippen LogP contribution in [0.25, 0.3) is 11.3 Å².